The Balaban J connectivity index is 1.79. The van der Waals surface area contributed by atoms with Crippen LogP contribution >= 0.6 is 11.8 Å². The molecule has 1 aromatic carbocycles. The Labute approximate surface area is 167 Å². The van der Waals surface area contributed by atoms with E-state index in [1.165, 1.54) is 11.8 Å². The number of furan rings is 1. The van der Waals surface area contributed by atoms with Crippen molar-refractivity contribution in [2.45, 2.75) is 32.0 Å². The van der Waals surface area contributed by atoms with Crippen LogP contribution in [0.2, 0.25) is 0 Å². The third-order valence-corrected chi connectivity index (χ3v) is 5.22. The molecule has 7 nitrogen and oxygen atoms in total. The highest BCUT2D eigenvalue weighted by Gasteiger charge is 2.36. The van der Waals surface area contributed by atoms with Gasteiger partial charge in [-0.25, -0.2) is 4.68 Å². The fraction of sp³-hybridized carbons (Fsp3) is 0.250. The van der Waals surface area contributed by atoms with Crippen LogP contribution in [0.3, 0.4) is 0 Å². The molecule has 0 fully saturated rings. The highest BCUT2D eigenvalue weighted by Crippen LogP contribution is 2.37. The second kappa shape index (κ2) is 7.20. The number of aromatic nitrogens is 3. The minimum atomic E-state index is -0.498. The van der Waals surface area contributed by atoms with E-state index in [1.807, 2.05) is 63.4 Å². The van der Waals surface area contributed by atoms with E-state index < -0.39 is 6.04 Å². The first kappa shape index (κ1) is 18.4. The molecule has 2 aromatic heterocycles. The van der Waals surface area contributed by atoms with Gasteiger partial charge in [0.2, 0.25) is 11.1 Å². The fourth-order valence-corrected chi connectivity index (χ4v) is 3.63. The number of amides is 1. The zero-order valence-corrected chi connectivity index (χ0v) is 16.9. The summed E-state index contributed by atoms with van der Waals surface area (Å²) in [6.45, 7) is 5.71. The first-order valence-electron chi connectivity index (χ1n) is 8.89. The van der Waals surface area contributed by atoms with E-state index in [9.17, 15) is 4.79 Å². The van der Waals surface area contributed by atoms with Gasteiger partial charge in [0.1, 0.15) is 17.6 Å². The summed E-state index contributed by atoms with van der Waals surface area (Å²) in [7, 11) is 0. The van der Waals surface area contributed by atoms with Gasteiger partial charge in [0, 0.05) is 11.4 Å². The Morgan fingerprint density at radius 3 is 2.68 bits per heavy atom. The van der Waals surface area contributed by atoms with E-state index in [4.69, 9.17) is 4.42 Å². The van der Waals surface area contributed by atoms with Gasteiger partial charge in [0.25, 0.3) is 5.91 Å². The number of nitrogens with one attached hydrogen (secondary N) is 2. The molecule has 0 radical (unpaired) electrons. The number of allylic oxidation sites excluding steroid dienone is 1. The van der Waals surface area contributed by atoms with Gasteiger partial charge in [0.15, 0.2) is 0 Å². The first-order valence-corrected chi connectivity index (χ1v) is 10.1. The van der Waals surface area contributed by atoms with Crippen molar-refractivity contribution in [3.8, 4) is 0 Å². The minimum absolute atomic E-state index is 0.204. The summed E-state index contributed by atoms with van der Waals surface area (Å²) in [5.74, 6) is 1.81. The quantitative estimate of drug-likeness (QED) is 0.646. The van der Waals surface area contributed by atoms with Crippen molar-refractivity contribution in [3.05, 3.63) is 64.8 Å². The van der Waals surface area contributed by atoms with Crippen LogP contribution in [-0.4, -0.2) is 26.9 Å². The third kappa shape index (κ3) is 3.20. The predicted octanol–water partition coefficient (Wildman–Crippen LogP) is 4.14. The lowest BCUT2D eigenvalue weighted by atomic mass is 10.00. The van der Waals surface area contributed by atoms with Crippen molar-refractivity contribution in [1.29, 1.82) is 0 Å². The Morgan fingerprint density at radius 2 is 2.00 bits per heavy atom. The first-order chi connectivity index (χ1) is 13.5. The summed E-state index contributed by atoms with van der Waals surface area (Å²) >= 11 is 1.45. The zero-order chi connectivity index (χ0) is 19.8. The monoisotopic (exact) mass is 395 g/mol. The number of carbonyl (C=O) groups excluding carboxylic acids is 1. The van der Waals surface area contributed by atoms with E-state index in [-0.39, 0.29) is 5.91 Å². The van der Waals surface area contributed by atoms with Crippen LogP contribution in [0.4, 0.5) is 11.6 Å². The van der Waals surface area contributed by atoms with Gasteiger partial charge >= 0.3 is 0 Å². The van der Waals surface area contributed by atoms with Crippen molar-refractivity contribution in [2.75, 3.05) is 16.9 Å². The van der Waals surface area contributed by atoms with Crippen molar-refractivity contribution < 1.29 is 9.21 Å². The summed E-state index contributed by atoms with van der Waals surface area (Å²) < 4.78 is 7.60. The SMILES string of the molecule is CSc1nc2n(n1)[C@@H](c1ccc(C)o1)C(C(=O)Nc1ccccc1C)=C(C)N2. The van der Waals surface area contributed by atoms with E-state index >= 15 is 0 Å². The normalized spacial score (nSPS) is 15.9. The average Bonchev–Trinajstić information content (AvgIpc) is 3.28. The Morgan fingerprint density at radius 1 is 1.21 bits per heavy atom. The lowest BCUT2D eigenvalue weighted by molar-refractivity contribution is -0.113. The molecule has 0 bridgehead atoms. The molecule has 4 rings (SSSR count). The molecule has 8 heteroatoms. The van der Waals surface area contributed by atoms with E-state index in [1.54, 1.807) is 4.68 Å². The molecular weight excluding hydrogens is 374 g/mol. The van der Waals surface area contributed by atoms with Crippen LogP contribution in [0.1, 0.15) is 30.0 Å². The Kier molecular flexibility index (Phi) is 4.72. The van der Waals surface area contributed by atoms with Gasteiger partial charge in [-0.3, -0.25) is 4.79 Å². The summed E-state index contributed by atoms with van der Waals surface area (Å²) in [5.41, 5.74) is 3.03. The van der Waals surface area contributed by atoms with E-state index in [0.29, 0.717) is 22.4 Å². The maximum absolute atomic E-state index is 13.3. The fourth-order valence-electron chi connectivity index (χ4n) is 3.28. The molecule has 1 amide bonds. The van der Waals surface area contributed by atoms with Crippen LogP contribution in [0.25, 0.3) is 0 Å². The summed E-state index contributed by atoms with van der Waals surface area (Å²) in [6, 6.07) is 11.0. The van der Waals surface area contributed by atoms with Crippen LogP contribution in [0, 0.1) is 13.8 Å². The molecule has 3 aromatic rings. The molecule has 0 saturated heterocycles. The number of rotatable bonds is 4. The van der Waals surface area contributed by atoms with Crippen molar-refractivity contribution in [1.82, 2.24) is 14.8 Å². The molecule has 28 heavy (non-hydrogen) atoms. The molecule has 144 valence electrons. The molecule has 3 heterocycles. The second-order valence-electron chi connectivity index (χ2n) is 6.65. The number of hydrogen-bond donors (Lipinski definition) is 2. The van der Waals surface area contributed by atoms with Crippen LogP contribution in [-0.2, 0) is 4.79 Å². The molecule has 0 spiro atoms. The molecule has 0 saturated carbocycles. The van der Waals surface area contributed by atoms with Gasteiger partial charge in [-0.2, -0.15) is 4.98 Å². The van der Waals surface area contributed by atoms with E-state index in [2.05, 4.69) is 20.7 Å². The van der Waals surface area contributed by atoms with Crippen LogP contribution in [0.5, 0.6) is 0 Å². The summed E-state index contributed by atoms with van der Waals surface area (Å²) in [6.07, 6.45) is 1.92. The van der Waals surface area contributed by atoms with Gasteiger partial charge in [0.05, 0.1) is 5.57 Å². The van der Waals surface area contributed by atoms with E-state index in [0.717, 1.165) is 22.7 Å². The molecule has 1 aliphatic rings. The highest BCUT2D eigenvalue weighted by molar-refractivity contribution is 7.98. The molecule has 0 unspecified atom stereocenters. The van der Waals surface area contributed by atoms with Crippen molar-refractivity contribution >= 4 is 29.3 Å². The van der Waals surface area contributed by atoms with Gasteiger partial charge < -0.3 is 15.1 Å². The van der Waals surface area contributed by atoms with Crippen molar-refractivity contribution in [2.24, 2.45) is 0 Å². The number of para-hydroxylation sites is 1. The summed E-state index contributed by atoms with van der Waals surface area (Å²) in [4.78, 5) is 17.8. The largest absolute Gasteiger partial charge is 0.464 e. The Bertz CT molecular complexity index is 1080. The zero-order valence-electron chi connectivity index (χ0n) is 16.1. The second-order valence-corrected chi connectivity index (χ2v) is 7.42. The number of carbonyl (C=O) groups is 1. The minimum Gasteiger partial charge on any atom is -0.464 e. The number of aryl methyl sites for hydroxylation is 2. The molecule has 0 aliphatic carbocycles. The molecule has 2 N–H and O–H groups in total. The number of hydrogen-bond acceptors (Lipinski definition) is 6. The van der Waals surface area contributed by atoms with Crippen molar-refractivity contribution in [3.63, 3.8) is 0 Å². The third-order valence-electron chi connectivity index (χ3n) is 4.68. The molecular formula is C20H21N5O2S. The molecule has 1 aliphatic heterocycles. The number of thioether (sulfide) groups is 1. The molecule has 1 atom stereocenters. The topological polar surface area (TPSA) is 85.0 Å². The van der Waals surface area contributed by atoms with Gasteiger partial charge in [-0.1, -0.05) is 30.0 Å². The predicted molar refractivity (Wildman–Crippen MR) is 110 cm³/mol. The maximum atomic E-state index is 13.3. The van der Waals surface area contributed by atoms with Crippen LogP contribution < -0.4 is 10.6 Å². The Hall–Kier alpha value is -3.00. The number of benzene rings is 1. The highest BCUT2D eigenvalue weighted by atomic mass is 32.2. The smallest absolute Gasteiger partial charge is 0.256 e. The maximum Gasteiger partial charge on any atom is 0.256 e. The van der Waals surface area contributed by atoms with Crippen LogP contribution in [0.15, 0.2) is 57.2 Å². The summed E-state index contributed by atoms with van der Waals surface area (Å²) in [5, 5.41) is 11.4. The number of anilines is 2. The van der Waals surface area contributed by atoms with Gasteiger partial charge in [-0.05, 0) is 50.8 Å². The standard InChI is InChI=1S/C20H21N5O2S/c1-11-7-5-6-8-14(11)22-18(26)16-13(3)21-19-23-20(28-4)24-25(19)17(16)15-10-9-12(2)27-15/h5-10,17H,1-4H3,(H,22,26)(H,21,23,24)/t17-/m0/s1. The number of fused-ring (bicyclic) bond motifs is 1. The van der Waals surface area contributed by atoms with Gasteiger partial charge in [-0.15, -0.1) is 5.10 Å². The lowest BCUT2D eigenvalue weighted by Crippen LogP contribution is -2.31. The average molecular weight is 395 g/mol. The lowest BCUT2D eigenvalue weighted by Gasteiger charge is -2.27. The number of nitrogens with zero attached hydrogens (tertiary/aromatic N) is 3.